The van der Waals surface area contributed by atoms with E-state index in [0.29, 0.717) is 23.7 Å². The highest BCUT2D eigenvalue weighted by molar-refractivity contribution is 6.33. The zero-order valence-corrected chi connectivity index (χ0v) is 15.0. The summed E-state index contributed by atoms with van der Waals surface area (Å²) in [7, 11) is 1.59. The Balaban J connectivity index is 1.70. The number of aryl methyl sites for hydroxylation is 1. The first-order valence-electron chi connectivity index (χ1n) is 8.26. The van der Waals surface area contributed by atoms with E-state index in [1.54, 1.807) is 42.4 Å². The highest BCUT2D eigenvalue weighted by Crippen LogP contribution is 2.28. The second kappa shape index (κ2) is 7.61. The SMILES string of the molecule is Cn1cccc(NC(=O)NC2CCCN(c3ccccc3Cl)C2=O)c1=O. The second-order valence-corrected chi connectivity index (χ2v) is 6.48. The average molecular weight is 375 g/mol. The lowest BCUT2D eigenvalue weighted by Gasteiger charge is -2.33. The minimum atomic E-state index is -0.674. The van der Waals surface area contributed by atoms with Crippen molar-refractivity contribution in [3.05, 3.63) is 58.0 Å². The molecule has 1 fully saturated rings. The molecule has 3 rings (SSSR count). The maximum Gasteiger partial charge on any atom is 0.320 e. The molecule has 0 spiro atoms. The zero-order valence-electron chi connectivity index (χ0n) is 14.2. The van der Waals surface area contributed by atoms with Gasteiger partial charge < -0.3 is 20.1 Å². The van der Waals surface area contributed by atoms with E-state index in [4.69, 9.17) is 11.6 Å². The fraction of sp³-hybridized carbons (Fsp3) is 0.278. The third-order valence-corrected chi connectivity index (χ3v) is 4.58. The second-order valence-electron chi connectivity index (χ2n) is 6.07. The van der Waals surface area contributed by atoms with E-state index in [1.165, 1.54) is 10.6 Å². The Bertz CT molecular complexity index is 896. The third-order valence-electron chi connectivity index (χ3n) is 4.26. The number of nitrogens with zero attached hydrogens (tertiary/aromatic N) is 2. The van der Waals surface area contributed by atoms with Gasteiger partial charge in [0, 0.05) is 19.8 Å². The Morgan fingerprint density at radius 2 is 1.96 bits per heavy atom. The smallest absolute Gasteiger partial charge is 0.320 e. The molecule has 136 valence electrons. The van der Waals surface area contributed by atoms with Crippen LogP contribution in [0.4, 0.5) is 16.2 Å². The highest BCUT2D eigenvalue weighted by atomic mass is 35.5. The summed E-state index contributed by atoms with van der Waals surface area (Å²) in [6.07, 6.45) is 2.85. The summed E-state index contributed by atoms with van der Waals surface area (Å²) >= 11 is 6.19. The van der Waals surface area contributed by atoms with Crippen LogP contribution in [0.15, 0.2) is 47.4 Å². The number of pyridine rings is 1. The summed E-state index contributed by atoms with van der Waals surface area (Å²) in [6.45, 7) is 0.543. The Labute approximate surface area is 155 Å². The molecular formula is C18H19ClN4O3. The monoisotopic (exact) mass is 374 g/mol. The number of urea groups is 1. The number of benzene rings is 1. The molecule has 2 heterocycles. The molecule has 0 radical (unpaired) electrons. The van der Waals surface area contributed by atoms with Crippen LogP contribution < -0.4 is 21.1 Å². The largest absolute Gasteiger partial charge is 0.326 e. The molecule has 1 unspecified atom stereocenters. The number of piperidine rings is 1. The number of aromatic nitrogens is 1. The lowest BCUT2D eigenvalue weighted by atomic mass is 10.0. The Morgan fingerprint density at radius 3 is 2.73 bits per heavy atom. The van der Waals surface area contributed by atoms with Crippen LogP contribution in [0.25, 0.3) is 0 Å². The summed E-state index contributed by atoms with van der Waals surface area (Å²) in [5.41, 5.74) is 0.456. The first-order chi connectivity index (χ1) is 12.5. The number of para-hydroxylation sites is 1. The van der Waals surface area contributed by atoms with Crippen LogP contribution in [0, 0.1) is 0 Å². The van der Waals surface area contributed by atoms with Gasteiger partial charge in [0.15, 0.2) is 0 Å². The van der Waals surface area contributed by atoms with E-state index in [0.717, 1.165) is 6.42 Å². The molecule has 8 heteroatoms. The number of amides is 3. The van der Waals surface area contributed by atoms with Crippen molar-refractivity contribution in [1.82, 2.24) is 9.88 Å². The van der Waals surface area contributed by atoms with Gasteiger partial charge in [0.05, 0.1) is 10.7 Å². The standard InChI is InChI=1S/C18H19ClN4O3/c1-22-10-4-7-13(16(22)24)20-18(26)21-14-8-5-11-23(17(14)25)15-9-3-2-6-12(15)19/h2-4,6-7,9-10,14H,5,8,11H2,1H3,(H2,20,21,26). The minimum absolute atomic E-state index is 0.152. The molecule has 0 aliphatic carbocycles. The van der Waals surface area contributed by atoms with E-state index in [1.807, 2.05) is 6.07 Å². The quantitative estimate of drug-likeness (QED) is 0.865. The fourth-order valence-electron chi connectivity index (χ4n) is 2.93. The van der Waals surface area contributed by atoms with Gasteiger partial charge in [-0.15, -0.1) is 0 Å². The summed E-state index contributed by atoms with van der Waals surface area (Å²) in [5, 5.41) is 5.64. The molecule has 26 heavy (non-hydrogen) atoms. The van der Waals surface area contributed by atoms with Gasteiger partial charge in [0.25, 0.3) is 5.56 Å². The van der Waals surface area contributed by atoms with Gasteiger partial charge >= 0.3 is 6.03 Å². The Hall–Kier alpha value is -2.80. The Kier molecular flexibility index (Phi) is 5.27. The van der Waals surface area contributed by atoms with Crippen LogP contribution in [-0.2, 0) is 11.8 Å². The lowest BCUT2D eigenvalue weighted by Crippen LogP contribution is -2.53. The van der Waals surface area contributed by atoms with E-state index < -0.39 is 12.1 Å². The van der Waals surface area contributed by atoms with Crippen LogP contribution in [0.3, 0.4) is 0 Å². The molecule has 7 nitrogen and oxygen atoms in total. The maximum absolute atomic E-state index is 12.7. The van der Waals surface area contributed by atoms with Crippen LogP contribution >= 0.6 is 11.6 Å². The molecule has 0 bridgehead atoms. The predicted octanol–water partition coefficient (Wildman–Crippen LogP) is 2.36. The molecule has 1 aromatic carbocycles. The Morgan fingerprint density at radius 1 is 1.19 bits per heavy atom. The van der Waals surface area contributed by atoms with Gasteiger partial charge in [0.2, 0.25) is 5.91 Å². The van der Waals surface area contributed by atoms with Crippen molar-refractivity contribution in [3.63, 3.8) is 0 Å². The molecule has 0 saturated carbocycles. The van der Waals surface area contributed by atoms with Crippen LogP contribution in [0.2, 0.25) is 5.02 Å². The first kappa shape index (κ1) is 18.0. The number of hydrogen-bond donors (Lipinski definition) is 2. The normalized spacial score (nSPS) is 17.1. The number of anilines is 2. The highest BCUT2D eigenvalue weighted by Gasteiger charge is 2.31. The third kappa shape index (κ3) is 3.72. The van der Waals surface area contributed by atoms with Gasteiger partial charge in [-0.2, -0.15) is 0 Å². The van der Waals surface area contributed by atoms with Crippen molar-refractivity contribution in [2.24, 2.45) is 7.05 Å². The van der Waals surface area contributed by atoms with Crippen LogP contribution in [-0.4, -0.2) is 29.1 Å². The van der Waals surface area contributed by atoms with Crippen LogP contribution in [0.5, 0.6) is 0 Å². The van der Waals surface area contributed by atoms with E-state index in [9.17, 15) is 14.4 Å². The summed E-state index contributed by atoms with van der Waals surface area (Å²) in [4.78, 5) is 38.5. The summed E-state index contributed by atoms with van der Waals surface area (Å²) in [5.74, 6) is -0.222. The molecule has 1 aromatic heterocycles. The average Bonchev–Trinajstić information content (AvgIpc) is 2.61. The van der Waals surface area contributed by atoms with Crippen molar-refractivity contribution in [2.75, 3.05) is 16.8 Å². The first-order valence-corrected chi connectivity index (χ1v) is 8.64. The van der Waals surface area contributed by atoms with Crippen molar-refractivity contribution in [1.29, 1.82) is 0 Å². The number of rotatable bonds is 3. The minimum Gasteiger partial charge on any atom is -0.326 e. The predicted molar refractivity (Wildman–Crippen MR) is 101 cm³/mol. The molecule has 2 N–H and O–H groups in total. The number of hydrogen-bond acceptors (Lipinski definition) is 3. The van der Waals surface area contributed by atoms with Crippen molar-refractivity contribution in [2.45, 2.75) is 18.9 Å². The lowest BCUT2D eigenvalue weighted by molar-refractivity contribution is -0.121. The van der Waals surface area contributed by atoms with E-state index >= 15 is 0 Å². The topological polar surface area (TPSA) is 83.4 Å². The van der Waals surface area contributed by atoms with Gasteiger partial charge in [-0.3, -0.25) is 9.59 Å². The number of carbonyl (C=O) groups excluding carboxylic acids is 2. The van der Waals surface area contributed by atoms with Gasteiger partial charge in [-0.25, -0.2) is 4.79 Å². The number of carbonyl (C=O) groups is 2. The molecule has 1 atom stereocenters. The molecule has 1 aliphatic rings. The molecule has 2 aromatic rings. The maximum atomic E-state index is 12.7. The molecule has 1 aliphatic heterocycles. The van der Waals surface area contributed by atoms with Gasteiger partial charge in [0.1, 0.15) is 11.7 Å². The molecule has 1 saturated heterocycles. The molecular weight excluding hydrogens is 356 g/mol. The van der Waals surface area contributed by atoms with Crippen molar-refractivity contribution < 1.29 is 9.59 Å². The summed E-state index contributed by atoms with van der Waals surface area (Å²) < 4.78 is 1.36. The number of nitrogens with one attached hydrogen (secondary N) is 2. The van der Waals surface area contributed by atoms with E-state index in [-0.39, 0.29) is 17.2 Å². The molecule has 3 amide bonds. The fourth-order valence-corrected chi connectivity index (χ4v) is 3.17. The van der Waals surface area contributed by atoms with E-state index in [2.05, 4.69) is 10.6 Å². The number of halogens is 1. The van der Waals surface area contributed by atoms with Crippen molar-refractivity contribution >= 4 is 34.9 Å². The summed E-state index contributed by atoms with van der Waals surface area (Å²) in [6, 6.07) is 9.01. The van der Waals surface area contributed by atoms with Crippen molar-refractivity contribution in [3.8, 4) is 0 Å². The van der Waals surface area contributed by atoms with Gasteiger partial charge in [-0.1, -0.05) is 23.7 Å². The van der Waals surface area contributed by atoms with Gasteiger partial charge in [-0.05, 0) is 37.1 Å². The zero-order chi connectivity index (χ0) is 18.7. The van der Waals surface area contributed by atoms with Crippen LogP contribution in [0.1, 0.15) is 12.8 Å².